The van der Waals surface area contributed by atoms with Crippen LogP contribution in [-0.4, -0.2) is 0 Å². The molecule has 0 unspecified atom stereocenters. The normalized spacial score (nSPS) is 12.5. The molecule has 0 spiro atoms. The molecule has 0 aliphatic carbocycles. The molecule has 0 saturated heterocycles. The zero-order valence-corrected chi connectivity index (χ0v) is 13.6. The second-order valence-corrected chi connectivity index (χ2v) is 4.14. The summed E-state index contributed by atoms with van der Waals surface area (Å²) >= 11 is 0. The van der Waals surface area contributed by atoms with Gasteiger partial charge in [-0.25, -0.2) is 0 Å². The van der Waals surface area contributed by atoms with Gasteiger partial charge < -0.3 is 0 Å². The third-order valence-electron chi connectivity index (χ3n) is 2.34. The van der Waals surface area contributed by atoms with Crippen LogP contribution < -0.4 is 0 Å². The Morgan fingerprint density at radius 3 is 1.95 bits per heavy atom. The molecule has 0 atom stereocenters. The van der Waals surface area contributed by atoms with Crippen LogP contribution in [0.1, 0.15) is 48.0 Å². The van der Waals surface area contributed by atoms with Gasteiger partial charge in [-0.15, -0.1) is 0 Å². The van der Waals surface area contributed by atoms with Gasteiger partial charge in [0, 0.05) is 0 Å². The van der Waals surface area contributed by atoms with E-state index in [4.69, 9.17) is 0 Å². The summed E-state index contributed by atoms with van der Waals surface area (Å²) in [7, 11) is 0. The molecule has 0 bridgehead atoms. The van der Waals surface area contributed by atoms with E-state index in [-0.39, 0.29) is 0 Å². The average molecular weight is 258 g/mol. The van der Waals surface area contributed by atoms with E-state index in [2.05, 4.69) is 57.4 Å². The molecule has 0 aromatic carbocycles. The average Bonchev–Trinajstić information content (AvgIpc) is 2.42. The Kier molecular flexibility index (Phi) is 13.4. The van der Waals surface area contributed by atoms with Gasteiger partial charge in [-0.05, 0) is 38.3 Å². The van der Waals surface area contributed by atoms with Crippen molar-refractivity contribution in [1.82, 2.24) is 0 Å². The van der Waals surface area contributed by atoms with Crippen LogP contribution in [0.5, 0.6) is 0 Å². The minimum atomic E-state index is 1.01. The summed E-state index contributed by atoms with van der Waals surface area (Å²) in [5.41, 5.74) is 4.49. The van der Waals surface area contributed by atoms with E-state index in [1.807, 2.05) is 33.8 Å². The molecule has 0 aliphatic rings. The highest BCUT2D eigenvalue weighted by Gasteiger charge is 1.94. The second kappa shape index (κ2) is 12.9. The molecule has 0 fully saturated rings. The summed E-state index contributed by atoms with van der Waals surface area (Å²) in [5.74, 6) is 0. The molecular formula is C19H30. The van der Waals surface area contributed by atoms with Crippen molar-refractivity contribution in [3.05, 3.63) is 71.9 Å². The Morgan fingerprint density at radius 1 is 0.947 bits per heavy atom. The zero-order valence-electron chi connectivity index (χ0n) is 13.6. The van der Waals surface area contributed by atoms with E-state index in [1.165, 1.54) is 5.57 Å². The second-order valence-electron chi connectivity index (χ2n) is 4.14. The summed E-state index contributed by atoms with van der Waals surface area (Å²) in [5, 5.41) is 0. The summed E-state index contributed by atoms with van der Waals surface area (Å²) in [6.45, 7) is 20.2. The van der Waals surface area contributed by atoms with Crippen molar-refractivity contribution >= 4 is 0 Å². The third-order valence-corrected chi connectivity index (χ3v) is 2.34. The van der Waals surface area contributed by atoms with E-state index in [0.29, 0.717) is 0 Å². The topological polar surface area (TPSA) is 0 Å². The lowest BCUT2D eigenvalue weighted by Gasteiger charge is -2.02. The fraction of sp³-hybridized carbons (Fsp3) is 0.368. The lowest BCUT2D eigenvalue weighted by atomic mass is 10.0. The molecule has 19 heavy (non-hydrogen) atoms. The monoisotopic (exact) mass is 258 g/mol. The van der Waals surface area contributed by atoms with Gasteiger partial charge in [0.15, 0.2) is 0 Å². The van der Waals surface area contributed by atoms with Gasteiger partial charge in [-0.3, -0.25) is 0 Å². The van der Waals surface area contributed by atoms with Gasteiger partial charge >= 0.3 is 0 Å². The van der Waals surface area contributed by atoms with Crippen LogP contribution in [0.25, 0.3) is 0 Å². The molecule has 0 rings (SSSR count). The molecule has 0 aromatic heterocycles. The standard InChI is InChI=1S/C17H24.C2H6/c1-7-9-17(13-10-14(3)4)16(6)12-11-15(5)8-2;1-2/h8-13H,3,6-7H2,1-2,4-5H3;1-2H3/b12-11-,13-10-,15-8-,17-9+;. The smallest absolute Gasteiger partial charge is 0.0230 e. The van der Waals surface area contributed by atoms with Crippen molar-refractivity contribution in [3.63, 3.8) is 0 Å². The highest BCUT2D eigenvalue weighted by Crippen LogP contribution is 2.14. The van der Waals surface area contributed by atoms with Crippen LogP contribution in [-0.2, 0) is 0 Å². The summed E-state index contributed by atoms with van der Waals surface area (Å²) < 4.78 is 0. The first-order valence-corrected chi connectivity index (χ1v) is 7.05. The molecule has 0 saturated carbocycles. The maximum absolute atomic E-state index is 4.09. The lowest BCUT2D eigenvalue weighted by molar-refractivity contribution is 1.20. The Bertz CT molecular complexity index is 384. The maximum Gasteiger partial charge on any atom is -0.0230 e. The molecule has 0 N–H and O–H groups in total. The number of rotatable bonds is 6. The summed E-state index contributed by atoms with van der Waals surface area (Å²) in [6, 6.07) is 0. The maximum atomic E-state index is 4.09. The van der Waals surface area contributed by atoms with Crippen LogP contribution in [0.15, 0.2) is 71.9 Å². The van der Waals surface area contributed by atoms with Crippen LogP contribution in [0.2, 0.25) is 0 Å². The van der Waals surface area contributed by atoms with E-state index >= 15 is 0 Å². The highest BCUT2D eigenvalue weighted by molar-refractivity contribution is 5.47. The third kappa shape index (κ3) is 11.3. The number of hydrogen-bond acceptors (Lipinski definition) is 0. The lowest BCUT2D eigenvalue weighted by Crippen LogP contribution is -1.82. The van der Waals surface area contributed by atoms with E-state index in [9.17, 15) is 0 Å². The quantitative estimate of drug-likeness (QED) is 0.473. The van der Waals surface area contributed by atoms with Crippen LogP contribution in [0.3, 0.4) is 0 Å². The minimum Gasteiger partial charge on any atom is -0.0961 e. The van der Waals surface area contributed by atoms with Gasteiger partial charge in [0.05, 0.1) is 0 Å². The fourth-order valence-electron chi connectivity index (χ4n) is 1.18. The Balaban J connectivity index is 0. The Morgan fingerprint density at radius 2 is 1.53 bits per heavy atom. The largest absolute Gasteiger partial charge is 0.0961 e. The van der Waals surface area contributed by atoms with E-state index in [0.717, 1.165) is 23.1 Å². The predicted molar refractivity (Wildman–Crippen MR) is 91.4 cm³/mol. The van der Waals surface area contributed by atoms with E-state index < -0.39 is 0 Å². The van der Waals surface area contributed by atoms with Gasteiger partial charge in [0.2, 0.25) is 0 Å². The minimum absolute atomic E-state index is 1.01. The Labute approximate surface area is 120 Å². The molecule has 0 radical (unpaired) electrons. The summed E-state index contributed by atoms with van der Waals surface area (Å²) in [6.07, 6.45) is 13.5. The molecule has 0 aliphatic heterocycles. The van der Waals surface area contributed by atoms with Crippen molar-refractivity contribution in [1.29, 1.82) is 0 Å². The van der Waals surface area contributed by atoms with Crippen LogP contribution in [0, 0.1) is 0 Å². The molecule has 0 amide bonds. The summed E-state index contributed by atoms with van der Waals surface area (Å²) in [4.78, 5) is 0. The fourth-order valence-corrected chi connectivity index (χ4v) is 1.18. The molecule has 0 heterocycles. The van der Waals surface area contributed by atoms with Crippen LogP contribution >= 0.6 is 0 Å². The van der Waals surface area contributed by atoms with Gasteiger partial charge in [-0.1, -0.05) is 81.5 Å². The first kappa shape index (κ1) is 19.8. The first-order valence-electron chi connectivity index (χ1n) is 7.05. The number of allylic oxidation sites excluding steroid dienone is 10. The predicted octanol–water partition coefficient (Wildman–Crippen LogP) is 6.56. The van der Waals surface area contributed by atoms with Crippen molar-refractivity contribution in [3.8, 4) is 0 Å². The first-order chi connectivity index (χ1) is 9.01. The van der Waals surface area contributed by atoms with Gasteiger partial charge in [-0.2, -0.15) is 0 Å². The molecule has 106 valence electrons. The van der Waals surface area contributed by atoms with Gasteiger partial charge in [0.1, 0.15) is 0 Å². The molecule has 0 nitrogen and oxygen atoms in total. The molecule has 0 heteroatoms. The highest BCUT2D eigenvalue weighted by atomic mass is 14.0. The van der Waals surface area contributed by atoms with Gasteiger partial charge in [0.25, 0.3) is 0 Å². The van der Waals surface area contributed by atoms with Crippen molar-refractivity contribution < 1.29 is 0 Å². The van der Waals surface area contributed by atoms with Crippen molar-refractivity contribution in [2.24, 2.45) is 0 Å². The SMILES string of the molecule is C=C(C)/C=C\C(=C/CC)C(=C)/C=C\C(C)=C/C.CC. The van der Waals surface area contributed by atoms with Crippen molar-refractivity contribution in [2.75, 3.05) is 0 Å². The molecular weight excluding hydrogens is 228 g/mol. The van der Waals surface area contributed by atoms with E-state index in [1.54, 1.807) is 0 Å². The van der Waals surface area contributed by atoms with Crippen molar-refractivity contribution in [2.45, 2.75) is 48.0 Å². The molecule has 0 aromatic rings. The Hall–Kier alpha value is -1.56. The number of hydrogen-bond donors (Lipinski definition) is 0. The van der Waals surface area contributed by atoms with Crippen LogP contribution in [0.4, 0.5) is 0 Å². The zero-order chi connectivity index (χ0) is 15.3.